The summed E-state index contributed by atoms with van der Waals surface area (Å²) in [6, 6.07) is 6.41. The molecule has 2 fully saturated rings. The third-order valence-electron chi connectivity index (χ3n) is 8.77. The molecule has 0 unspecified atom stereocenters. The number of hydrogen-bond acceptors (Lipinski definition) is 5. The van der Waals surface area contributed by atoms with Gasteiger partial charge in [-0.15, -0.1) is 0 Å². The summed E-state index contributed by atoms with van der Waals surface area (Å²) in [5.41, 5.74) is 2.38. The molecular formula is C32H38Cl2F4N6O2. The molecule has 0 bridgehead atoms. The van der Waals surface area contributed by atoms with Crippen molar-refractivity contribution in [1.82, 2.24) is 20.2 Å². The van der Waals surface area contributed by atoms with E-state index in [0.29, 0.717) is 56.9 Å². The lowest BCUT2D eigenvalue weighted by Gasteiger charge is -2.30. The van der Waals surface area contributed by atoms with Crippen LogP contribution in [0.15, 0.2) is 24.3 Å². The number of nitrogens with one attached hydrogen (secondary N) is 3. The summed E-state index contributed by atoms with van der Waals surface area (Å²) in [7, 11) is 1.78. The lowest BCUT2D eigenvalue weighted by atomic mass is 9.85. The molecule has 46 heavy (non-hydrogen) atoms. The zero-order chi connectivity index (χ0) is 33.6. The number of carbonyl (C=O) groups excluding carboxylic acids is 2. The molecule has 0 spiro atoms. The van der Waals surface area contributed by atoms with Gasteiger partial charge >= 0.3 is 6.18 Å². The minimum Gasteiger partial charge on any atom is -0.368 e. The monoisotopic (exact) mass is 684 g/mol. The van der Waals surface area contributed by atoms with E-state index in [0.717, 1.165) is 0 Å². The Morgan fingerprint density at radius 3 is 2.35 bits per heavy atom. The molecule has 3 N–H and O–H groups in total. The number of nitrogens with zero attached hydrogens (tertiary/aromatic N) is 3. The normalized spacial score (nSPS) is 20.7. The van der Waals surface area contributed by atoms with Crippen molar-refractivity contribution in [1.29, 1.82) is 0 Å². The molecule has 8 nitrogen and oxygen atoms in total. The van der Waals surface area contributed by atoms with Gasteiger partial charge in [0.15, 0.2) is 0 Å². The SMILES string of the molecule is Cn1c(Nc2c(Cl)ccc(CNC(=O)C(C)(C)C)c2Cl)nc2cc(C(=O)NC3CCC(C(F)(F)F)CC3)c(N3CC[C@H](F)C3)cc21. The second-order valence-electron chi connectivity index (χ2n) is 13.2. The van der Waals surface area contributed by atoms with Gasteiger partial charge in [-0.2, -0.15) is 13.2 Å². The van der Waals surface area contributed by atoms with Gasteiger partial charge in [0, 0.05) is 38.1 Å². The number of fused-ring (bicyclic) bond motifs is 1. The van der Waals surface area contributed by atoms with Crippen molar-refractivity contribution in [2.45, 2.75) is 77.8 Å². The van der Waals surface area contributed by atoms with E-state index in [4.69, 9.17) is 28.2 Å². The highest BCUT2D eigenvalue weighted by atomic mass is 35.5. The number of rotatable bonds is 7. The fourth-order valence-electron chi connectivity index (χ4n) is 5.95. The van der Waals surface area contributed by atoms with E-state index < -0.39 is 35.6 Å². The van der Waals surface area contributed by atoms with Crippen LogP contribution in [-0.2, 0) is 18.4 Å². The maximum Gasteiger partial charge on any atom is 0.391 e. The maximum atomic E-state index is 14.3. The van der Waals surface area contributed by atoms with Crippen molar-refractivity contribution in [3.05, 3.63) is 45.4 Å². The highest BCUT2D eigenvalue weighted by Gasteiger charge is 2.41. The maximum absolute atomic E-state index is 14.3. The number of hydrogen-bond donors (Lipinski definition) is 3. The van der Waals surface area contributed by atoms with Crippen LogP contribution in [0.1, 0.15) is 68.8 Å². The topological polar surface area (TPSA) is 91.3 Å². The number of aryl methyl sites for hydroxylation is 1. The number of halogens is 6. The van der Waals surface area contributed by atoms with Gasteiger partial charge < -0.3 is 25.4 Å². The molecular weight excluding hydrogens is 647 g/mol. The fourth-order valence-corrected chi connectivity index (χ4v) is 6.48. The van der Waals surface area contributed by atoms with Gasteiger partial charge in [0.1, 0.15) is 6.17 Å². The van der Waals surface area contributed by atoms with Crippen LogP contribution in [0.25, 0.3) is 11.0 Å². The molecule has 250 valence electrons. The largest absolute Gasteiger partial charge is 0.391 e. The van der Waals surface area contributed by atoms with Gasteiger partial charge in [0.25, 0.3) is 5.91 Å². The summed E-state index contributed by atoms with van der Waals surface area (Å²) in [6.07, 6.45) is -4.60. The number of anilines is 3. The average molecular weight is 686 g/mol. The second kappa shape index (κ2) is 13.1. The van der Waals surface area contributed by atoms with Crippen LogP contribution in [0.4, 0.5) is 34.9 Å². The number of imidazole rings is 1. The predicted octanol–water partition coefficient (Wildman–Crippen LogP) is 7.69. The van der Waals surface area contributed by atoms with Gasteiger partial charge in [0.2, 0.25) is 11.9 Å². The van der Waals surface area contributed by atoms with Gasteiger partial charge in [0.05, 0.1) is 43.9 Å². The molecule has 2 aromatic carbocycles. The van der Waals surface area contributed by atoms with Crippen LogP contribution in [-0.4, -0.2) is 52.8 Å². The molecule has 1 saturated heterocycles. The minimum absolute atomic E-state index is 0.0411. The fraction of sp³-hybridized carbons (Fsp3) is 0.531. The standard InChI is InChI=1S/C32H38Cl2F4N6O2/c1-31(2,3)29(46)39-15-17-5-10-22(33)27(26(17)34)42-30-41-23-13-21(24(14-25(23)43(30)4)44-12-11-19(35)16-44)28(45)40-20-8-6-18(7-9-20)32(36,37)38/h5,10,13-14,18-20H,6-9,11-12,15-16H2,1-4H3,(H,39,46)(H,40,45)(H,41,42)/t18?,19-,20?/m0/s1. The van der Waals surface area contributed by atoms with E-state index in [9.17, 15) is 27.2 Å². The Morgan fingerprint density at radius 2 is 1.74 bits per heavy atom. The Bertz CT molecular complexity index is 1630. The average Bonchev–Trinajstić information content (AvgIpc) is 3.55. The van der Waals surface area contributed by atoms with Crippen molar-refractivity contribution in [2.24, 2.45) is 18.4 Å². The van der Waals surface area contributed by atoms with E-state index >= 15 is 0 Å². The molecule has 1 aliphatic heterocycles. The molecule has 2 heterocycles. The number of alkyl halides is 4. The highest BCUT2D eigenvalue weighted by Crippen LogP contribution is 2.39. The van der Waals surface area contributed by atoms with Crippen LogP contribution in [0.5, 0.6) is 0 Å². The van der Waals surface area contributed by atoms with E-state index in [1.165, 1.54) is 0 Å². The molecule has 2 aliphatic rings. The molecule has 1 saturated carbocycles. The summed E-state index contributed by atoms with van der Waals surface area (Å²) < 4.78 is 55.6. The first-order valence-electron chi connectivity index (χ1n) is 15.3. The van der Waals surface area contributed by atoms with Gasteiger partial charge in [-0.3, -0.25) is 9.59 Å². The van der Waals surface area contributed by atoms with Crippen LogP contribution >= 0.6 is 23.2 Å². The Kier molecular flexibility index (Phi) is 9.71. The van der Waals surface area contributed by atoms with Crippen LogP contribution in [0.3, 0.4) is 0 Å². The Balaban J connectivity index is 1.43. The number of benzene rings is 2. The van der Waals surface area contributed by atoms with Crippen LogP contribution in [0, 0.1) is 11.3 Å². The summed E-state index contributed by atoms with van der Waals surface area (Å²) in [4.78, 5) is 32.5. The second-order valence-corrected chi connectivity index (χ2v) is 14.0. The third-order valence-corrected chi connectivity index (χ3v) is 9.51. The lowest BCUT2D eigenvalue weighted by Crippen LogP contribution is -2.40. The van der Waals surface area contributed by atoms with Crippen molar-refractivity contribution in [2.75, 3.05) is 23.3 Å². The van der Waals surface area contributed by atoms with Crippen molar-refractivity contribution >= 4 is 63.4 Å². The molecule has 3 aromatic rings. The summed E-state index contributed by atoms with van der Waals surface area (Å²) in [5, 5.41) is 9.62. The lowest BCUT2D eigenvalue weighted by molar-refractivity contribution is -0.182. The number of aromatic nitrogens is 2. The summed E-state index contributed by atoms with van der Waals surface area (Å²) >= 11 is 13.3. The van der Waals surface area contributed by atoms with E-state index in [-0.39, 0.29) is 50.2 Å². The van der Waals surface area contributed by atoms with E-state index in [1.54, 1.807) is 35.9 Å². The molecule has 0 radical (unpaired) electrons. The number of amides is 2. The smallest absolute Gasteiger partial charge is 0.368 e. The molecule has 1 aliphatic carbocycles. The molecule has 14 heteroatoms. The van der Waals surface area contributed by atoms with E-state index in [2.05, 4.69) is 16.0 Å². The first-order valence-corrected chi connectivity index (χ1v) is 16.1. The summed E-state index contributed by atoms with van der Waals surface area (Å²) in [5.74, 6) is -1.56. The van der Waals surface area contributed by atoms with Crippen molar-refractivity contribution < 1.29 is 27.2 Å². The highest BCUT2D eigenvalue weighted by molar-refractivity contribution is 6.39. The summed E-state index contributed by atoms with van der Waals surface area (Å²) in [6.45, 7) is 6.16. The zero-order valence-electron chi connectivity index (χ0n) is 26.1. The first kappa shape index (κ1) is 34.1. The predicted molar refractivity (Wildman–Crippen MR) is 173 cm³/mol. The molecule has 1 aromatic heterocycles. The van der Waals surface area contributed by atoms with Gasteiger partial charge in [-0.25, -0.2) is 9.37 Å². The Labute approximate surface area is 275 Å². The first-order chi connectivity index (χ1) is 21.5. The molecule has 5 rings (SSSR count). The van der Waals surface area contributed by atoms with Crippen molar-refractivity contribution in [3.63, 3.8) is 0 Å². The third kappa shape index (κ3) is 7.33. The molecule has 1 atom stereocenters. The Morgan fingerprint density at radius 1 is 1.04 bits per heavy atom. The van der Waals surface area contributed by atoms with Crippen LogP contribution in [0.2, 0.25) is 10.0 Å². The van der Waals surface area contributed by atoms with Crippen molar-refractivity contribution in [3.8, 4) is 0 Å². The Hall–Kier alpha value is -3.25. The number of carbonyl (C=O) groups is 2. The van der Waals surface area contributed by atoms with Crippen LogP contribution < -0.4 is 20.9 Å². The zero-order valence-corrected chi connectivity index (χ0v) is 27.6. The minimum atomic E-state index is -4.24. The van der Waals surface area contributed by atoms with Gasteiger partial charge in [-0.05, 0) is 55.9 Å². The van der Waals surface area contributed by atoms with Gasteiger partial charge in [-0.1, -0.05) is 50.0 Å². The quantitative estimate of drug-likeness (QED) is 0.222. The van der Waals surface area contributed by atoms with E-state index in [1.807, 2.05) is 25.7 Å². The molecule has 2 amide bonds.